The number of nitrogens with one attached hydrogen (secondary N) is 1. The van der Waals surface area contributed by atoms with Gasteiger partial charge in [-0.25, -0.2) is 4.39 Å². The lowest BCUT2D eigenvalue weighted by Gasteiger charge is -2.31. The number of carbonyl (C=O) groups is 1. The number of amides is 1. The summed E-state index contributed by atoms with van der Waals surface area (Å²) in [5, 5.41) is 3.05. The molecule has 2 heterocycles. The van der Waals surface area contributed by atoms with E-state index >= 15 is 0 Å². The van der Waals surface area contributed by atoms with Crippen LogP contribution < -0.4 is 10.2 Å². The first-order chi connectivity index (χ1) is 14.2. The van der Waals surface area contributed by atoms with E-state index in [0.717, 1.165) is 69.2 Å². The number of hydrogen-bond donors (Lipinski definition) is 1. The lowest BCUT2D eigenvalue weighted by atomic mass is 9.95. The van der Waals surface area contributed by atoms with Gasteiger partial charge in [0.1, 0.15) is 5.82 Å². The summed E-state index contributed by atoms with van der Waals surface area (Å²) in [6.45, 7) is 5.53. The van der Waals surface area contributed by atoms with Crippen LogP contribution in [0.4, 0.5) is 15.8 Å². The van der Waals surface area contributed by atoms with Crippen LogP contribution in [0.3, 0.4) is 0 Å². The molecule has 0 radical (unpaired) electrons. The van der Waals surface area contributed by atoms with E-state index in [9.17, 15) is 9.18 Å². The lowest BCUT2D eigenvalue weighted by molar-refractivity contribution is -0.121. The minimum absolute atomic E-state index is 0.00536. The zero-order chi connectivity index (χ0) is 20.1. The fourth-order valence-electron chi connectivity index (χ4n) is 4.04. The summed E-state index contributed by atoms with van der Waals surface area (Å²) in [7, 11) is 0. The molecule has 0 bridgehead atoms. The Labute approximate surface area is 171 Å². The molecular formula is C23H28FN3O2. The molecule has 1 amide bonds. The molecule has 1 N–H and O–H groups in total. The van der Waals surface area contributed by atoms with Gasteiger partial charge in [-0.1, -0.05) is 18.2 Å². The van der Waals surface area contributed by atoms with Crippen molar-refractivity contribution in [3.8, 4) is 0 Å². The third kappa shape index (κ3) is 5.14. The topological polar surface area (TPSA) is 44.8 Å². The van der Waals surface area contributed by atoms with Gasteiger partial charge in [-0.05, 0) is 56.3 Å². The van der Waals surface area contributed by atoms with Crippen LogP contribution in [-0.4, -0.2) is 50.2 Å². The van der Waals surface area contributed by atoms with E-state index in [2.05, 4.69) is 27.2 Å². The Kier molecular flexibility index (Phi) is 6.42. The fourth-order valence-corrected chi connectivity index (χ4v) is 4.04. The van der Waals surface area contributed by atoms with Crippen molar-refractivity contribution < 1.29 is 13.9 Å². The number of likely N-dealkylation sites (tertiary alicyclic amines) is 1. The van der Waals surface area contributed by atoms with Crippen molar-refractivity contribution in [1.29, 1.82) is 0 Å². The zero-order valence-electron chi connectivity index (χ0n) is 16.6. The van der Waals surface area contributed by atoms with Crippen molar-refractivity contribution in [2.75, 3.05) is 49.6 Å². The molecule has 0 saturated carbocycles. The van der Waals surface area contributed by atoms with Crippen LogP contribution in [0.2, 0.25) is 0 Å². The minimum atomic E-state index is -0.159. The molecule has 154 valence electrons. The van der Waals surface area contributed by atoms with Gasteiger partial charge in [0, 0.05) is 42.5 Å². The molecule has 2 aliphatic rings. The van der Waals surface area contributed by atoms with Crippen LogP contribution >= 0.6 is 0 Å². The van der Waals surface area contributed by atoms with Crippen molar-refractivity contribution in [2.45, 2.75) is 19.4 Å². The summed E-state index contributed by atoms with van der Waals surface area (Å²) in [5.74, 6) is -0.0756. The number of nitrogens with zero attached hydrogens (tertiary/aromatic N) is 2. The van der Waals surface area contributed by atoms with E-state index in [4.69, 9.17) is 4.74 Å². The number of halogens is 1. The van der Waals surface area contributed by atoms with Crippen molar-refractivity contribution in [1.82, 2.24) is 4.90 Å². The standard InChI is InChI=1S/C23H28FN3O2/c24-22-4-2-1-3-19(22)17-26-11-9-18(10-12-26)23(28)25-20-5-7-21(8-6-20)27-13-15-29-16-14-27/h1-8,18H,9-17H2,(H,25,28). The average Bonchev–Trinajstić information content (AvgIpc) is 2.77. The predicted octanol–water partition coefficient (Wildman–Crippen LogP) is 3.51. The van der Waals surface area contributed by atoms with E-state index in [1.165, 1.54) is 6.07 Å². The highest BCUT2D eigenvalue weighted by Crippen LogP contribution is 2.23. The largest absolute Gasteiger partial charge is 0.378 e. The molecule has 2 aliphatic heterocycles. The zero-order valence-corrected chi connectivity index (χ0v) is 16.6. The van der Waals surface area contributed by atoms with E-state index in [0.29, 0.717) is 6.54 Å². The Morgan fingerprint density at radius 2 is 1.69 bits per heavy atom. The number of piperidine rings is 1. The van der Waals surface area contributed by atoms with Gasteiger partial charge in [0.05, 0.1) is 13.2 Å². The van der Waals surface area contributed by atoms with E-state index < -0.39 is 0 Å². The van der Waals surface area contributed by atoms with Crippen LogP contribution in [0.1, 0.15) is 18.4 Å². The average molecular weight is 397 g/mol. The molecule has 0 atom stereocenters. The van der Waals surface area contributed by atoms with Gasteiger partial charge < -0.3 is 15.0 Å². The van der Waals surface area contributed by atoms with Crippen LogP contribution in [0.15, 0.2) is 48.5 Å². The van der Waals surface area contributed by atoms with Gasteiger partial charge >= 0.3 is 0 Å². The van der Waals surface area contributed by atoms with Gasteiger partial charge in [-0.15, -0.1) is 0 Å². The first-order valence-corrected chi connectivity index (χ1v) is 10.4. The van der Waals surface area contributed by atoms with Crippen molar-refractivity contribution in [3.05, 3.63) is 59.9 Å². The summed E-state index contributed by atoms with van der Waals surface area (Å²) in [5.41, 5.74) is 2.71. The second-order valence-electron chi connectivity index (χ2n) is 7.78. The Bertz CT molecular complexity index is 813. The molecule has 4 rings (SSSR count). The van der Waals surface area contributed by atoms with Crippen LogP contribution in [0, 0.1) is 11.7 Å². The number of rotatable bonds is 5. The molecule has 0 aliphatic carbocycles. The molecule has 5 nitrogen and oxygen atoms in total. The van der Waals surface area contributed by atoms with Gasteiger partial charge in [-0.3, -0.25) is 9.69 Å². The molecule has 0 aromatic heterocycles. The maximum Gasteiger partial charge on any atom is 0.227 e. The maximum atomic E-state index is 13.8. The van der Waals surface area contributed by atoms with E-state index in [-0.39, 0.29) is 17.6 Å². The minimum Gasteiger partial charge on any atom is -0.378 e. The van der Waals surface area contributed by atoms with Crippen molar-refractivity contribution in [3.63, 3.8) is 0 Å². The smallest absolute Gasteiger partial charge is 0.227 e. The number of ether oxygens (including phenoxy) is 1. The van der Waals surface area contributed by atoms with Crippen LogP contribution in [-0.2, 0) is 16.1 Å². The maximum absolute atomic E-state index is 13.8. The highest BCUT2D eigenvalue weighted by Gasteiger charge is 2.25. The number of anilines is 2. The number of carbonyl (C=O) groups excluding carboxylic acids is 1. The number of morpholine rings is 1. The third-order valence-electron chi connectivity index (χ3n) is 5.82. The summed E-state index contributed by atoms with van der Waals surface area (Å²) in [6.07, 6.45) is 1.60. The SMILES string of the molecule is O=C(Nc1ccc(N2CCOCC2)cc1)C1CCN(Cc2ccccc2F)CC1. The highest BCUT2D eigenvalue weighted by molar-refractivity contribution is 5.92. The normalized spacial score (nSPS) is 18.6. The van der Waals surface area contributed by atoms with E-state index in [1.54, 1.807) is 6.07 Å². The Hall–Kier alpha value is -2.44. The number of hydrogen-bond acceptors (Lipinski definition) is 4. The predicted molar refractivity (Wildman–Crippen MR) is 113 cm³/mol. The second kappa shape index (κ2) is 9.37. The van der Waals surface area contributed by atoms with Crippen LogP contribution in [0.5, 0.6) is 0 Å². The molecular weight excluding hydrogens is 369 g/mol. The Balaban J connectivity index is 1.26. The number of benzene rings is 2. The molecule has 6 heteroatoms. The third-order valence-corrected chi connectivity index (χ3v) is 5.82. The molecule has 2 aromatic carbocycles. The Morgan fingerprint density at radius 1 is 1.00 bits per heavy atom. The molecule has 0 spiro atoms. The summed E-state index contributed by atoms with van der Waals surface area (Å²) >= 11 is 0. The lowest BCUT2D eigenvalue weighted by Crippen LogP contribution is -2.38. The molecule has 0 unspecified atom stereocenters. The first-order valence-electron chi connectivity index (χ1n) is 10.4. The van der Waals surface area contributed by atoms with Crippen molar-refractivity contribution in [2.24, 2.45) is 5.92 Å². The first kappa shape index (κ1) is 19.9. The molecule has 2 aromatic rings. The summed E-state index contributed by atoms with van der Waals surface area (Å²) in [4.78, 5) is 17.2. The quantitative estimate of drug-likeness (QED) is 0.839. The van der Waals surface area contributed by atoms with Crippen molar-refractivity contribution >= 4 is 17.3 Å². The molecule has 29 heavy (non-hydrogen) atoms. The molecule has 2 saturated heterocycles. The monoisotopic (exact) mass is 397 g/mol. The van der Waals surface area contributed by atoms with Crippen LogP contribution in [0.25, 0.3) is 0 Å². The summed E-state index contributed by atoms with van der Waals surface area (Å²) < 4.78 is 19.2. The fraction of sp³-hybridized carbons (Fsp3) is 0.435. The van der Waals surface area contributed by atoms with Gasteiger partial charge in [0.2, 0.25) is 5.91 Å². The van der Waals surface area contributed by atoms with Gasteiger partial charge in [-0.2, -0.15) is 0 Å². The van der Waals surface area contributed by atoms with Gasteiger partial charge in [0.15, 0.2) is 0 Å². The molecule has 2 fully saturated rings. The Morgan fingerprint density at radius 3 is 2.38 bits per heavy atom. The van der Waals surface area contributed by atoms with Gasteiger partial charge in [0.25, 0.3) is 0 Å². The summed E-state index contributed by atoms with van der Waals surface area (Å²) in [6, 6.07) is 14.9. The van der Waals surface area contributed by atoms with E-state index in [1.807, 2.05) is 24.3 Å². The second-order valence-corrected chi connectivity index (χ2v) is 7.78. The highest BCUT2D eigenvalue weighted by atomic mass is 19.1.